The number of carbonyl (C=O) groups excluding carboxylic acids is 1. The van der Waals surface area contributed by atoms with Crippen molar-refractivity contribution in [1.82, 2.24) is 5.32 Å². The topological polar surface area (TPSA) is 38.3 Å². The molecule has 1 aromatic rings. The normalized spacial score (nSPS) is 20.7. The Kier molecular flexibility index (Phi) is 4.61. The summed E-state index contributed by atoms with van der Waals surface area (Å²) in [6, 6.07) is 7.53. The van der Waals surface area contributed by atoms with Crippen LogP contribution in [0.4, 0.5) is 0 Å². The second-order valence-corrected chi connectivity index (χ2v) is 4.98. The maximum absolute atomic E-state index is 12.0. The van der Waals surface area contributed by atoms with Crippen LogP contribution in [0, 0.1) is 5.92 Å². The van der Waals surface area contributed by atoms with Gasteiger partial charge in [0.15, 0.2) is 0 Å². The molecule has 1 aromatic carbocycles. The van der Waals surface area contributed by atoms with Crippen LogP contribution in [0.2, 0.25) is 0 Å². The number of hydrogen-bond acceptors (Lipinski definition) is 2. The number of nitrogens with one attached hydrogen (secondary N) is 1. The van der Waals surface area contributed by atoms with Crippen LogP contribution < -0.4 is 5.32 Å². The van der Waals surface area contributed by atoms with Crippen LogP contribution in [-0.2, 0) is 10.6 Å². The Morgan fingerprint density at radius 2 is 2.22 bits per heavy atom. The minimum atomic E-state index is -0.0319. The van der Waals surface area contributed by atoms with E-state index in [9.17, 15) is 4.79 Å². The molecule has 0 aliphatic carbocycles. The number of carbonyl (C=O) groups is 1. The highest BCUT2D eigenvalue weighted by atomic mass is 35.5. The summed E-state index contributed by atoms with van der Waals surface area (Å²) in [5.41, 5.74) is 1.69. The van der Waals surface area contributed by atoms with Gasteiger partial charge in [0, 0.05) is 30.0 Å². The zero-order valence-electron chi connectivity index (χ0n) is 10.5. The molecular weight excluding hydrogens is 250 g/mol. The fourth-order valence-corrected chi connectivity index (χ4v) is 2.28. The van der Waals surface area contributed by atoms with Gasteiger partial charge in [-0.25, -0.2) is 0 Å². The molecule has 0 saturated carbocycles. The zero-order valence-corrected chi connectivity index (χ0v) is 11.2. The molecule has 98 valence electrons. The molecule has 3 nitrogen and oxygen atoms in total. The Balaban J connectivity index is 1.93. The Hall–Kier alpha value is -1.06. The van der Waals surface area contributed by atoms with Crippen LogP contribution in [0.1, 0.15) is 29.3 Å². The number of benzene rings is 1. The molecule has 1 aliphatic rings. The van der Waals surface area contributed by atoms with E-state index in [1.54, 1.807) is 0 Å². The Bertz CT molecular complexity index is 399. The molecule has 1 aliphatic heterocycles. The third-order valence-electron chi connectivity index (χ3n) is 3.40. The van der Waals surface area contributed by atoms with E-state index in [1.165, 1.54) is 0 Å². The largest absolute Gasteiger partial charge is 0.381 e. The van der Waals surface area contributed by atoms with Crippen LogP contribution >= 0.6 is 11.6 Å². The highest BCUT2D eigenvalue weighted by molar-refractivity contribution is 6.17. The average molecular weight is 268 g/mol. The summed E-state index contributed by atoms with van der Waals surface area (Å²) in [7, 11) is 0. The lowest BCUT2D eigenvalue weighted by molar-refractivity contribution is 0.0922. The third-order valence-corrected chi connectivity index (χ3v) is 3.71. The van der Waals surface area contributed by atoms with Crippen molar-refractivity contribution in [2.75, 3.05) is 13.2 Å². The molecule has 1 fully saturated rings. The maximum Gasteiger partial charge on any atom is 0.251 e. The van der Waals surface area contributed by atoms with Gasteiger partial charge in [0.2, 0.25) is 0 Å². The van der Waals surface area contributed by atoms with Crippen LogP contribution in [0.25, 0.3) is 0 Å². The number of amides is 1. The van der Waals surface area contributed by atoms with E-state index < -0.39 is 0 Å². The van der Waals surface area contributed by atoms with E-state index in [2.05, 4.69) is 5.32 Å². The van der Waals surface area contributed by atoms with Gasteiger partial charge in [0.05, 0.1) is 6.61 Å². The van der Waals surface area contributed by atoms with Crippen molar-refractivity contribution < 1.29 is 9.53 Å². The van der Waals surface area contributed by atoms with Gasteiger partial charge in [-0.1, -0.05) is 12.1 Å². The van der Waals surface area contributed by atoms with Crippen molar-refractivity contribution in [2.24, 2.45) is 5.92 Å². The van der Waals surface area contributed by atoms with Gasteiger partial charge in [-0.3, -0.25) is 4.79 Å². The molecule has 1 N–H and O–H groups in total. The molecule has 0 radical (unpaired) electrons. The molecule has 0 bridgehead atoms. The van der Waals surface area contributed by atoms with E-state index in [-0.39, 0.29) is 11.9 Å². The Morgan fingerprint density at radius 1 is 1.50 bits per heavy atom. The lowest BCUT2D eigenvalue weighted by atomic mass is 10.0. The molecule has 0 spiro atoms. The third kappa shape index (κ3) is 3.24. The lowest BCUT2D eigenvalue weighted by Gasteiger charge is -2.19. The molecule has 1 amide bonds. The first-order chi connectivity index (χ1) is 8.70. The number of rotatable bonds is 4. The molecule has 0 aromatic heterocycles. The van der Waals surface area contributed by atoms with E-state index in [0.29, 0.717) is 17.4 Å². The van der Waals surface area contributed by atoms with E-state index in [0.717, 1.165) is 25.2 Å². The number of hydrogen-bond donors (Lipinski definition) is 1. The molecule has 1 heterocycles. The summed E-state index contributed by atoms with van der Waals surface area (Å²) in [4.78, 5) is 12.0. The van der Waals surface area contributed by atoms with Crippen LogP contribution in [-0.4, -0.2) is 25.2 Å². The van der Waals surface area contributed by atoms with Crippen LogP contribution in [0.5, 0.6) is 0 Å². The second-order valence-electron chi connectivity index (χ2n) is 4.72. The first kappa shape index (κ1) is 13.4. The Morgan fingerprint density at radius 3 is 2.78 bits per heavy atom. The van der Waals surface area contributed by atoms with Crippen molar-refractivity contribution in [3.05, 3.63) is 35.4 Å². The van der Waals surface area contributed by atoms with Gasteiger partial charge in [0.1, 0.15) is 0 Å². The minimum absolute atomic E-state index is 0.0319. The smallest absolute Gasteiger partial charge is 0.251 e. The Labute approximate surface area is 112 Å². The van der Waals surface area contributed by atoms with Gasteiger partial charge >= 0.3 is 0 Å². The predicted octanol–water partition coefficient (Wildman–Crippen LogP) is 2.58. The molecule has 1 saturated heterocycles. The van der Waals surface area contributed by atoms with E-state index in [1.807, 2.05) is 31.2 Å². The van der Waals surface area contributed by atoms with Gasteiger partial charge in [-0.05, 0) is 31.0 Å². The molecule has 2 rings (SSSR count). The summed E-state index contributed by atoms with van der Waals surface area (Å²) in [5, 5.41) is 3.02. The van der Waals surface area contributed by atoms with Gasteiger partial charge in [0.25, 0.3) is 5.91 Å². The lowest BCUT2D eigenvalue weighted by Crippen LogP contribution is -2.38. The fourth-order valence-electron chi connectivity index (χ4n) is 2.10. The highest BCUT2D eigenvalue weighted by Gasteiger charge is 2.23. The summed E-state index contributed by atoms with van der Waals surface area (Å²) in [5.74, 6) is 0.865. The molecular formula is C14H18ClNO2. The predicted molar refractivity (Wildman–Crippen MR) is 71.9 cm³/mol. The number of halogens is 1. The van der Waals surface area contributed by atoms with Gasteiger partial charge < -0.3 is 10.1 Å². The zero-order chi connectivity index (χ0) is 13.0. The fraction of sp³-hybridized carbons (Fsp3) is 0.500. The van der Waals surface area contributed by atoms with Crippen LogP contribution in [0.15, 0.2) is 24.3 Å². The van der Waals surface area contributed by atoms with Gasteiger partial charge in [-0.2, -0.15) is 0 Å². The maximum atomic E-state index is 12.0. The molecule has 18 heavy (non-hydrogen) atoms. The first-order valence-corrected chi connectivity index (χ1v) is 6.77. The number of ether oxygens (including phenoxy) is 1. The average Bonchev–Trinajstić information content (AvgIpc) is 2.92. The highest BCUT2D eigenvalue weighted by Crippen LogP contribution is 2.17. The summed E-state index contributed by atoms with van der Waals surface area (Å²) < 4.78 is 5.33. The van der Waals surface area contributed by atoms with Crippen molar-refractivity contribution in [1.29, 1.82) is 0 Å². The van der Waals surface area contributed by atoms with Crippen molar-refractivity contribution in [2.45, 2.75) is 25.3 Å². The van der Waals surface area contributed by atoms with E-state index in [4.69, 9.17) is 16.3 Å². The van der Waals surface area contributed by atoms with Crippen molar-refractivity contribution in [3.63, 3.8) is 0 Å². The first-order valence-electron chi connectivity index (χ1n) is 6.24. The quantitative estimate of drug-likeness (QED) is 0.852. The van der Waals surface area contributed by atoms with Crippen molar-refractivity contribution in [3.8, 4) is 0 Å². The number of alkyl halides is 1. The summed E-state index contributed by atoms with van der Waals surface area (Å²) in [6.45, 7) is 3.58. The SMILES string of the molecule is CC(NC(=O)c1ccc(CCl)cc1)C1CCOC1. The standard InChI is InChI=1S/C14H18ClNO2/c1-10(13-6-7-18-9-13)16-14(17)12-4-2-11(8-15)3-5-12/h2-5,10,13H,6-9H2,1H3,(H,16,17). The molecule has 2 atom stereocenters. The van der Waals surface area contributed by atoms with E-state index >= 15 is 0 Å². The summed E-state index contributed by atoms with van der Waals surface area (Å²) in [6.07, 6.45) is 1.02. The second kappa shape index (κ2) is 6.21. The molecule has 2 unspecified atom stereocenters. The van der Waals surface area contributed by atoms with Crippen molar-refractivity contribution >= 4 is 17.5 Å². The minimum Gasteiger partial charge on any atom is -0.381 e. The van der Waals surface area contributed by atoms with Gasteiger partial charge in [-0.15, -0.1) is 11.6 Å². The summed E-state index contributed by atoms with van der Waals surface area (Å²) >= 11 is 5.71. The monoisotopic (exact) mass is 267 g/mol. The molecule has 4 heteroatoms. The van der Waals surface area contributed by atoms with Crippen LogP contribution in [0.3, 0.4) is 0 Å².